The molecule has 4 N–H and O–H groups in total. The fraction of sp³-hybridized carbons (Fsp3) is 0.381. The predicted molar refractivity (Wildman–Crippen MR) is 120 cm³/mol. The Morgan fingerprint density at radius 2 is 1.91 bits per heavy atom. The molecular formula is C21H25N3O6S2. The molecular weight excluding hydrogens is 454 g/mol. The quantitative estimate of drug-likeness (QED) is 0.495. The van der Waals surface area contributed by atoms with Crippen LogP contribution in [-0.2, 0) is 32.4 Å². The molecule has 1 aliphatic carbocycles. The van der Waals surface area contributed by atoms with Gasteiger partial charge in [-0.25, -0.2) is 17.9 Å². The van der Waals surface area contributed by atoms with E-state index in [9.17, 15) is 22.8 Å². The summed E-state index contributed by atoms with van der Waals surface area (Å²) >= 11 is 1.31. The fourth-order valence-corrected chi connectivity index (χ4v) is 5.93. The van der Waals surface area contributed by atoms with Crippen LogP contribution in [0.4, 0.5) is 5.00 Å². The number of thiophene rings is 1. The Morgan fingerprint density at radius 3 is 2.59 bits per heavy atom. The highest BCUT2D eigenvalue weighted by atomic mass is 32.2. The van der Waals surface area contributed by atoms with Crippen LogP contribution in [0.2, 0.25) is 0 Å². The molecule has 0 atom stereocenters. The first-order valence-corrected chi connectivity index (χ1v) is 12.5. The van der Waals surface area contributed by atoms with Crippen LogP contribution in [-0.4, -0.2) is 39.4 Å². The van der Waals surface area contributed by atoms with Crippen LogP contribution in [0.1, 0.15) is 56.5 Å². The number of carbonyl (C=O) groups is 3. The molecule has 32 heavy (non-hydrogen) atoms. The van der Waals surface area contributed by atoms with Gasteiger partial charge in [-0.2, -0.15) is 0 Å². The number of hydrogen-bond donors (Lipinski definition) is 3. The van der Waals surface area contributed by atoms with E-state index < -0.39 is 34.4 Å². The maximum atomic E-state index is 12.5. The van der Waals surface area contributed by atoms with Gasteiger partial charge in [-0.15, -0.1) is 11.3 Å². The summed E-state index contributed by atoms with van der Waals surface area (Å²) in [6.45, 7) is 2.89. The zero-order chi connectivity index (χ0) is 23.5. The van der Waals surface area contributed by atoms with Crippen LogP contribution in [0.15, 0.2) is 23.1 Å². The fourth-order valence-electron chi connectivity index (χ4n) is 3.55. The number of amides is 2. The van der Waals surface area contributed by atoms with E-state index in [4.69, 9.17) is 10.5 Å². The standard InChI is InChI=1S/C21H25N3O6S2/c1-3-23-32(28,29)13-9-8-12(2)15(10-13)21(27)30-11-17(25)24-20-18(19(22)26)14-6-4-5-7-16(14)31-20/h8-10,23H,3-7,11H2,1-2H3,(H2,22,26)(H,24,25). The van der Waals surface area contributed by atoms with Gasteiger partial charge in [0.25, 0.3) is 11.8 Å². The van der Waals surface area contributed by atoms with Crippen molar-refractivity contribution in [1.29, 1.82) is 0 Å². The molecule has 0 aliphatic heterocycles. The molecule has 2 amide bonds. The molecule has 3 rings (SSSR count). The number of fused-ring (bicyclic) bond motifs is 1. The first-order chi connectivity index (χ1) is 15.1. The van der Waals surface area contributed by atoms with E-state index in [0.29, 0.717) is 16.1 Å². The number of benzene rings is 1. The van der Waals surface area contributed by atoms with Gasteiger partial charge in [0, 0.05) is 11.4 Å². The lowest BCUT2D eigenvalue weighted by atomic mass is 9.95. The molecule has 0 spiro atoms. The average molecular weight is 480 g/mol. The summed E-state index contributed by atoms with van der Waals surface area (Å²) in [5.74, 6) is -2.05. The number of hydrogen-bond acceptors (Lipinski definition) is 7. The molecule has 172 valence electrons. The summed E-state index contributed by atoms with van der Waals surface area (Å²) in [7, 11) is -3.75. The Bertz CT molecular complexity index is 1170. The summed E-state index contributed by atoms with van der Waals surface area (Å²) in [4.78, 5) is 37.8. The van der Waals surface area contributed by atoms with Gasteiger partial charge in [-0.1, -0.05) is 13.0 Å². The Hall–Kier alpha value is -2.76. The second kappa shape index (κ2) is 9.80. The van der Waals surface area contributed by atoms with E-state index in [-0.39, 0.29) is 17.0 Å². The maximum Gasteiger partial charge on any atom is 0.338 e. The summed E-state index contributed by atoms with van der Waals surface area (Å²) in [6, 6.07) is 4.10. The van der Waals surface area contributed by atoms with Crippen LogP contribution >= 0.6 is 11.3 Å². The van der Waals surface area contributed by atoms with Crippen molar-refractivity contribution in [2.75, 3.05) is 18.5 Å². The van der Waals surface area contributed by atoms with Gasteiger partial charge in [-0.05, 0) is 55.9 Å². The van der Waals surface area contributed by atoms with Crippen molar-refractivity contribution in [2.24, 2.45) is 5.73 Å². The third-order valence-electron chi connectivity index (χ3n) is 5.08. The summed E-state index contributed by atoms with van der Waals surface area (Å²) in [5.41, 5.74) is 7.28. The number of carbonyl (C=O) groups excluding carboxylic acids is 3. The molecule has 1 aromatic carbocycles. The average Bonchev–Trinajstić information content (AvgIpc) is 3.10. The van der Waals surface area contributed by atoms with Gasteiger partial charge >= 0.3 is 5.97 Å². The van der Waals surface area contributed by atoms with Crippen LogP contribution in [0.5, 0.6) is 0 Å². The molecule has 0 saturated carbocycles. The lowest BCUT2D eigenvalue weighted by molar-refractivity contribution is -0.119. The van der Waals surface area contributed by atoms with Gasteiger partial charge in [0.05, 0.1) is 16.0 Å². The van der Waals surface area contributed by atoms with E-state index in [1.165, 1.54) is 29.5 Å². The van der Waals surface area contributed by atoms with E-state index in [1.807, 2.05) is 0 Å². The number of rotatable bonds is 8. The van der Waals surface area contributed by atoms with Crippen molar-refractivity contribution < 1.29 is 27.5 Å². The molecule has 2 aromatic rings. The third-order valence-corrected chi connectivity index (χ3v) is 7.83. The molecule has 0 bridgehead atoms. The third kappa shape index (κ3) is 5.17. The number of sulfonamides is 1. The van der Waals surface area contributed by atoms with Crippen molar-refractivity contribution in [3.63, 3.8) is 0 Å². The smallest absolute Gasteiger partial charge is 0.338 e. The van der Waals surface area contributed by atoms with Gasteiger partial charge in [0.1, 0.15) is 5.00 Å². The summed E-state index contributed by atoms with van der Waals surface area (Å²) < 4.78 is 31.8. The molecule has 1 aromatic heterocycles. The number of esters is 1. The predicted octanol–water partition coefficient (Wildman–Crippen LogP) is 2.13. The van der Waals surface area contributed by atoms with Crippen molar-refractivity contribution >= 4 is 44.1 Å². The Kier molecular flexibility index (Phi) is 7.32. The van der Waals surface area contributed by atoms with Crippen molar-refractivity contribution in [3.8, 4) is 0 Å². The van der Waals surface area contributed by atoms with Gasteiger partial charge in [0.2, 0.25) is 10.0 Å². The largest absolute Gasteiger partial charge is 0.452 e. The van der Waals surface area contributed by atoms with E-state index in [1.54, 1.807) is 13.8 Å². The van der Waals surface area contributed by atoms with E-state index in [0.717, 1.165) is 36.1 Å². The molecule has 1 aliphatic rings. The van der Waals surface area contributed by atoms with Crippen molar-refractivity contribution in [2.45, 2.75) is 44.4 Å². The molecule has 11 heteroatoms. The minimum absolute atomic E-state index is 0.0428. The SMILES string of the molecule is CCNS(=O)(=O)c1ccc(C)c(C(=O)OCC(=O)Nc2sc3c(c2C(N)=O)CCCC3)c1. The highest BCUT2D eigenvalue weighted by Gasteiger charge is 2.25. The van der Waals surface area contributed by atoms with Gasteiger partial charge in [0.15, 0.2) is 6.61 Å². The number of ether oxygens (including phenoxy) is 1. The number of nitrogens with one attached hydrogen (secondary N) is 2. The van der Waals surface area contributed by atoms with Crippen LogP contribution in [0, 0.1) is 6.92 Å². The first kappa shape index (κ1) is 23.9. The minimum Gasteiger partial charge on any atom is -0.452 e. The molecule has 0 radical (unpaired) electrons. The number of anilines is 1. The second-order valence-electron chi connectivity index (χ2n) is 7.38. The minimum atomic E-state index is -3.75. The lowest BCUT2D eigenvalue weighted by Crippen LogP contribution is -2.24. The zero-order valence-corrected chi connectivity index (χ0v) is 19.5. The molecule has 0 saturated heterocycles. The summed E-state index contributed by atoms with van der Waals surface area (Å²) in [6.07, 6.45) is 3.53. The van der Waals surface area contributed by atoms with Gasteiger partial charge in [-0.3, -0.25) is 9.59 Å². The molecule has 9 nitrogen and oxygen atoms in total. The molecule has 0 unspecified atom stereocenters. The molecule has 0 fully saturated rings. The maximum absolute atomic E-state index is 12.5. The zero-order valence-electron chi connectivity index (χ0n) is 17.8. The van der Waals surface area contributed by atoms with E-state index in [2.05, 4.69) is 10.0 Å². The van der Waals surface area contributed by atoms with Crippen LogP contribution in [0.3, 0.4) is 0 Å². The Labute approximate surface area is 190 Å². The highest BCUT2D eigenvalue weighted by molar-refractivity contribution is 7.89. The topological polar surface area (TPSA) is 145 Å². The Balaban J connectivity index is 1.70. The second-order valence-corrected chi connectivity index (χ2v) is 10.3. The normalized spacial score (nSPS) is 13.3. The Morgan fingerprint density at radius 1 is 1.19 bits per heavy atom. The number of primary amides is 1. The van der Waals surface area contributed by atoms with Crippen molar-refractivity contribution in [3.05, 3.63) is 45.3 Å². The monoisotopic (exact) mass is 479 g/mol. The highest BCUT2D eigenvalue weighted by Crippen LogP contribution is 2.37. The van der Waals surface area contributed by atoms with Crippen molar-refractivity contribution in [1.82, 2.24) is 4.72 Å². The first-order valence-electron chi connectivity index (χ1n) is 10.2. The number of nitrogens with two attached hydrogens (primary N) is 1. The van der Waals surface area contributed by atoms with Gasteiger partial charge < -0.3 is 15.8 Å². The summed E-state index contributed by atoms with van der Waals surface area (Å²) in [5, 5.41) is 2.98. The molecule has 1 heterocycles. The van der Waals surface area contributed by atoms with Crippen LogP contribution in [0.25, 0.3) is 0 Å². The lowest BCUT2D eigenvalue weighted by Gasteiger charge is -2.11. The van der Waals surface area contributed by atoms with E-state index >= 15 is 0 Å². The number of aryl methyl sites for hydroxylation is 2. The van der Waals surface area contributed by atoms with Crippen LogP contribution < -0.4 is 15.8 Å².